The van der Waals surface area contributed by atoms with Gasteiger partial charge in [0, 0.05) is 0 Å². The van der Waals surface area contributed by atoms with Gasteiger partial charge in [-0.25, -0.2) is 0 Å². The van der Waals surface area contributed by atoms with Crippen LogP contribution in [0.1, 0.15) is 124 Å². The van der Waals surface area contributed by atoms with E-state index in [2.05, 4.69) is 20.8 Å². The Labute approximate surface area is 210 Å². The summed E-state index contributed by atoms with van der Waals surface area (Å²) in [6.45, 7) is 7.10. The molecule has 2 N–H and O–H groups in total. The SMILES string of the molecule is CC1CCC(O)(CCC[C@@H]2CC[C@H]3[C@@H]4CC[C@H]5C[C@](O)(C(F)(F)F)CC[C@]5(C)[C@H]4CC[C@]23C)CC1. The number of hydrogen-bond acceptors (Lipinski definition) is 2. The van der Waals surface area contributed by atoms with E-state index >= 15 is 0 Å². The van der Waals surface area contributed by atoms with Crippen LogP contribution in [-0.4, -0.2) is 27.6 Å². The molecule has 0 aromatic heterocycles. The Morgan fingerprint density at radius 2 is 1.46 bits per heavy atom. The predicted molar refractivity (Wildman–Crippen MR) is 133 cm³/mol. The van der Waals surface area contributed by atoms with Crippen molar-refractivity contribution in [3.8, 4) is 0 Å². The van der Waals surface area contributed by atoms with Gasteiger partial charge in [-0.2, -0.15) is 13.2 Å². The highest BCUT2D eigenvalue weighted by molar-refractivity contribution is 5.11. The summed E-state index contributed by atoms with van der Waals surface area (Å²) in [5.74, 6) is 3.33. The van der Waals surface area contributed by atoms with Gasteiger partial charge in [-0.05, 0) is 143 Å². The maximum absolute atomic E-state index is 13.6. The van der Waals surface area contributed by atoms with Gasteiger partial charge in [0.1, 0.15) is 0 Å². The third kappa shape index (κ3) is 4.41. The Morgan fingerprint density at radius 3 is 2.14 bits per heavy atom. The van der Waals surface area contributed by atoms with E-state index in [9.17, 15) is 23.4 Å². The average Bonchev–Trinajstić information content (AvgIpc) is 3.12. The van der Waals surface area contributed by atoms with Crippen molar-refractivity contribution in [2.45, 2.75) is 141 Å². The molecule has 5 saturated carbocycles. The van der Waals surface area contributed by atoms with Gasteiger partial charge in [-0.1, -0.05) is 27.2 Å². The van der Waals surface area contributed by atoms with Gasteiger partial charge in [-0.15, -0.1) is 0 Å². The molecule has 35 heavy (non-hydrogen) atoms. The van der Waals surface area contributed by atoms with Gasteiger partial charge in [0.15, 0.2) is 5.60 Å². The molecule has 5 aliphatic rings. The van der Waals surface area contributed by atoms with E-state index in [0.29, 0.717) is 29.6 Å². The average molecular weight is 499 g/mol. The highest BCUT2D eigenvalue weighted by Gasteiger charge is 2.64. The summed E-state index contributed by atoms with van der Waals surface area (Å²) in [7, 11) is 0. The Morgan fingerprint density at radius 1 is 0.771 bits per heavy atom. The summed E-state index contributed by atoms with van der Waals surface area (Å²) in [5.41, 5.74) is -2.61. The molecule has 0 heterocycles. The molecule has 8 atom stereocenters. The molecule has 0 aromatic carbocycles. The van der Waals surface area contributed by atoms with Gasteiger partial charge in [0.25, 0.3) is 0 Å². The van der Waals surface area contributed by atoms with E-state index in [4.69, 9.17) is 0 Å². The van der Waals surface area contributed by atoms with Crippen molar-refractivity contribution >= 4 is 0 Å². The first-order valence-electron chi connectivity index (χ1n) is 14.8. The van der Waals surface area contributed by atoms with Crippen LogP contribution in [0.25, 0.3) is 0 Å². The number of fused-ring (bicyclic) bond motifs is 5. The zero-order valence-corrected chi connectivity index (χ0v) is 22.3. The van der Waals surface area contributed by atoms with Crippen LogP contribution in [0.3, 0.4) is 0 Å². The lowest BCUT2D eigenvalue weighted by atomic mass is 9.43. The van der Waals surface area contributed by atoms with Crippen molar-refractivity contribution in [1.29, 1.82) is 0 Å². The Hall–Kier alpha value is -0.290. The standard InChI is InChI=1S/C30H49F3O2/c1-20-10-15-28(34,16-11-20)13-4-5-21-7-9-24-23-8-6-22-19-29(35,30(31,32)33)18-17-27(22,3)25(23)12-14-26(21,24)2/h20-25,34-35H,4-19H2,1-3H3/t20?,21-,22+,23+,24+,25+,26-,27+,28?,29+/m1/s1. The van der Waals surface area contributed by atoms with Crippen LogP contribution in [0.15, 0.2) is 0 Å². The fraction of sp³-hybridized carbons (Fsp3) is 1.00. The summed E-state index contributed by atoms with van der Waals surface area (Å²) < 4.78 is 40.8. The van der Waals surface area contributed by atoms with Crippen molar-refractivity contribution in [2.24, 2.45) is 46.3 Å². The van der Waals surface area contributed by atoms with E-state index in [0.717, 1.165) is 69.6 Å². The van der Waals surface area contributed by atoms with Crippen molar-refractivity contribution < 1.29 is 23.4 Å². The zero-order valence-electron chi connectivity index (χ0n) is 22.3. The fourth-order valence-electron chi connectivity index (χ4n) is 10.3. The lowest BCUT2D eigenvalue weighted by Gasteiger charge is -2.62. The molecule has 0 aliphatic heterocycles. The molecule has 202 valence electrons. The lowest BCUT2D eigenvalue weighted by molar-refractivity contribution is -0.290. The number of alkyl halides is 3. The third-order valence-corrected chi connectivity index (χ3v) is 12.9. The second-order valence-electron chi connectivity index (χ2n) is 14.5. The largest absolute Gasteiger partial charge is 0.417 e. The van der Waals surface area contributed by atoms with Crippen LogP contribution in [0.5, 0.6) is 0 Å². The molecular formula is C30H49F3O2. The normalized spacial score (nSPS) is 52.5. The predicted octanol–water partition coefficient (Wildman–Crippen LogP) is 8.05. The van der Waals surface area contributed by atoms with E-state index < -0.39 is 17.4 Å². The van der Waals surface area contributed by atoms with Crippen molar-refractivity contribution in [3.05, 3.63) is 0 Å². The van der Waals surface area contributed by atoms with E-state index in [-0.39, 0.29) is 24.2 Å². The van der Waals surface area contributed by atoms with Crippen LogP contribution in [0.2, 0.25) is 0 Å². The molecule has 0 spiro atoms. The second-order valence-corrected chi connectivity index (χ2v) is 14.5. The topological polar surface area (TPSA) is 40.5 Å². The van der Waals surface area contributed by atoms with Gasteiger partial charge in [-0.3, -0.25) is 0 Å². The summed E-state index contributed by atoms with van der Waals surface area (Å²) in [4.78, 5) is 0. The smallest absolute Gasteiger partial charge is 0.390 e. The molecule has 0 aromatic rings. The van der Waals surface area contributed by atoms with Crippen LogP contribution in [-0.2, 0) is 0 Å². The molecule has 5 rings (SSSR count). The molecule has 0 bridgehead atoms. The maximum Gasteiger partial charge on any atom is 0.417 e. The molecule has 0 saturated heterocycles. The van der Waals surface area contributed by atoms with Gasteiger partial charge in [0.05, 0.1) is 5.60 Å². The van der Waals surface area contributed by atoms with E-state index in [1.807, 2.05) is 0 Å². The number of halogens is 3. The molecule has 0 radical (unpaired) electrons. The summed E-state index contributed by atoms with van der Waals surface area (Å²) in [5, 5.41) is 21.5. The quantitative estimate of drug-likeness (QED) is 0.412. The molecule has 5 heteroatoms. The monoisotopic (exact) mass is 498 g/mol. The van der Waals surface area contributed by atoms with Crippen LogP contribution < -0.4 is 0 Å². The Bertz CT molecular complexity index is 774. The van der Waals surface area contributed by atoms with Crippen molar-refractivity contribution in [1.82, 2.24) is 0 Å². The van der Waals surface area contributed by atoms with E-state index in [1.165, 1.54) is 25.7 Å². The minimum absolute atomic E-state index is 0.00960. The number of hydrogen-bond donors (Lipinski definition) is 2. The molecular weight excluding hydrogens is 449 g/mol. The van der Waals surface area contributed by atoms with Crippen LogP contribution in [0.4, 0.5) is 13.2 Å². The van der Waals surface area contributed by atoms with Crippen molar-refractivity contribution in [3.63, 3.8) is 0 Å². The Balaban J connectivity index is 1.22. The minimum Gasteiger partial charge on any atom is -0.390 e. The van der Waals surface area contributed by atoms with Gasteiger partial charge in [0.2, 0.25) is 0 Å². The van der Waals surface area contributed by atoms with Gasteiger partial charge >= 0.3 is 6.18 Å². The van der Waals surface area contributed by atoms with Crippen LogP contribution in [0, 0.1) is 46.3 Å². The second kappa shape index (κ2) is 8.89. The summed E-state index contributed by atoms with van der Waals surface area (Å²) >= 11 is 0. The highest BCUT2D eigenvalue weighted by atomic mass is 19.4. The number of rotatable bonds is 4. The van der Waals surface area contributed by atoms with Crippen molar-refractivity contribution in [2.75, 3.05) is 0 Å². The van der Waals surface area contributed by atoms with Crippen LogP contribution >= 0.6 is 0 Å². The first-order valence-corrected chi connectivity index (χ1v) is 14.8. The number of aliphatic hydroxyl groups is 2. The van der Waals surface area contributed by atoms with E-state index in [1.54, 1.807) is 0 Å². The van der Waals surface area contributed by atoms with Gasteiger partial charge < -0.3 is 10.2 Å². The first-order chi connectivity index (χ1) is 16.3. The highest BCUT2D eigenvalue weighted by Crippen LogP contribution is 2.69. The summed E-state index contributed by atoms with van der Waals surface area (Å²) in [6.07, 6.45) is 10.1. The zero-order chi connectivity index (χ0) is 25.3. The molecule has 5 fully saturated rings. The third-order valence-electron chi connectivity index (χ3n) is 12.9. The molecule has 2 nitrogen and oxygen atoms in total. The summed E-state index contributed by atoms with van der Waals surface area (Å²) in [6, 6.07) is 0. The first kappa shape index (κ1) is 26.3. The maximum atomic E-state index is 13.6. The molecule has 5 aliphatic carbocycles. The molecule has 0 unspecified atom stereocenters. The minimum atomic E-state index is -4.52. The lowest BCUT2D eigenvalue weighted by Crippen LogP contribution is -2.59. The molecule has 0 amide bonds. The fourth-order valence-corrected chi connectivity index (χ4v) is 10.3. The Kier molecular flexibility index (Phi) is 6.68.